The molecule has 4 aromatic carbocycles. The van der Waals surface area contributed by atoms with Gasteiger partial charge in [-0.3, -0.25) is 4.79 Å². The summed E-state index contributed by atoms with van der Waals surface area (Å²) in [6, 6.07) is 30.7. The van der Waals surface area contributed by atoms with Crippen LogP contribution in [0.15, 0.2) is 113 Å². The van der Waals surface area contributed by atoms with Gasteiger partial charge >= 0.3 is 5.97 Å². The Balaban J connectivity index is 1.21. The first-order valence-electron chi connectivity index (χ1n) is 11.8. The lowest BCUT2D eigenvalue weighted by atomic mass is 10.2. The smallest absolute Gasteiger partial charge is 0.343 e. The normalized spacial score (nSPS) is 11.5. The number of carbonyl (C=O) groups is 2. The summed E-state index contributed by atoms with van der Waals surface area (Å²) < 4.78 is 17.6. The monoisotopic (exact) mass is 572 g/mol. The van der Waals surface area contributed by atoms with Crippen molar-refractivity contribution in [2.45, 2.75) is 19.6 Å². The Hall–Kier alpha value is -4.43. The number of rotatable bonds is 10. The maximum Gasteiger partial charge on any atom is 0.343 e. The van der Waals surface area contributed by atoms with Gasteiger partial charge in [0.1, 0.15) is 23.9 Å². The van der Waals surface area contributed by atoms with Crippen LogP contribution in [0.2, 0.25) is 0 Å². The second kappa shape index (κ2) is 13.2. The zero-order chi connectivity index (χ0) is 26.7. The van der Waals surface area contributed by atoms with Gasteiger partial charge in [0, 0.05) is 4.47 Å². The Bertz CT molecular complexity index is 1390. The third-order valence-corrected chi connectivity index (χ3v) is 5.79. The molecule has 0 spiro atoms. The first-order chi connectivity index (χ1) is 18.5. The number of amides is 1. The molecule has 192 valence electrons. The Morgan fingerprint density at radius 3 is 2.26 bits per heavy atom. The van der Waals surface area contributed by atoms with E-state index in [4.69, 9.17) is 14.2 Å². The van der Waals surface area contributed by atoms with E-state index in [9.17, 15) is 9.59 Å². The summed E-state index contributed by atoms with van der Waals surface area (Å²) in [5, 5.41) is 3.98. The number of ether oxygens (including phenoxy) is 3. The van der Waals surface area contributed by atoms with E-state index in [2.05, 4.69) is 26.5 Å². The number of hydrogen-bond donors (Lipinski definition) is 1. The fourth-order valence-electron chi connectivity index (χ4n) is 3.28. The quantitative estimate of drug-likeness (QED) is 0.106. The van der Waals surface area contributed by atoms with E-state index in [1.807, 2.05) is 36.4 Å². The van der Waals surface area contributed by atoms with Crippen molar-refractivity contribution < 1.29 is 23.8 Å². The van der Waals surface area contributed by atoms with Crippen molar-refractivity contribution >= 4 is 34.0 Å². The molecule has 4 rings (SSSR count). The van der Waals surface area contributed by atoms with Crippen molar-refractivity contribution in [3.8, 4) is 17.2 Å². The van der Waals surface area contributed by atoms with Crippen LogP contribution in [0.1, 0.15) is 28.4 Å². The molecule has 0 radical (unpaired) electrons. The number of halogens is 1. The van der Waals surface area contributed by atoms with Crippen LogP contribution in [-0.2, 0) is 11.4 Å². The van der Waals surface area contributed by atoms with Crippen LogP contribution in [0.5, 0.6) is 17.2 Å². The third-order valence-electron chi connectivity index (χ3n) is 5.29. The molecule has 0 aliphatic carbocycles. The van der Waals surface area contributed by atoms with Gasteiger partial charge in [-0.1, -0.05) is 52.3 Å². The highest BCUT2D eigenvalue weighted by molar-refractivity contribution is 9.10. The first-order valence-corrected chi connectivity index (χ1v) is 12.6. The van der Waals surface area contributed by atoms with Crippen molar-refractivity contribution in [3.05, 3.63) is 124 Å². The van der Waals surface area contributed by atoms with Gasteiger partial charge in [-0.05, 0) is 84.8 Å². The lowest BCUT2D eigenvalue weighted by molar-refractivity contribution is -0.127. The first kappa shape index (κ1) is 26.6. The van der Waals surface area contributed by atoms with Gasteiger partial charge < -0.3 is 14.2 Å². The van der Waals surface area contributed by atoms with Crippen molar-refractivity contribution in [3.63, 3.8) is 0 Å². The van der Waals surface area contributed by atoms with Crippen LogP contribution in [0, 0.1) is 0 Å². The van der Waals surface area contributed by atoms with E-state index in [1.54, 1.807) is 73.7 Å². The van der Waals surface area contributed by atoms with Crippen LogP contribution < -0.4 is 19.6 Å². The summed E-state index contributed by atoms with van der Waals surface area (Å²) >= 11 is 3.33. The molecular formula is C30H25BrN2O5. The standard InChI is InChI=1S/C30H25BrN2O5/c1-21(37-27-16-14-26(15-17-27)36-20-23-6-3-2-4-7-23)29(34)33-32-19-22-10-12-28(13-11-22)38-30(35)24-8-5-9-25(31)18-24/h2-19,21H,20H2,1H3,(H,33,34)/b32-19-/t21-/m0/s1. The summed E-state index contributed by atoms with van der Waals surface area (Å²) in [6.07, 6.45) is 0.728. The number of hydrazone groups is 1. The number of benzene rings is 4. The molecule has 0 fully saturated rings. The Labute approximate surface area is 229 Å². The minimum Gasteiger partial charge on any atom is -0.489 e. The van der Waals surface area contributed by atoms with Crippen LogP contribution >= 0.6 is 15.9 Å². The molecule has 0 unspecified atom stereocenters. The molecule has 0 aromatic heterocycles. The minimum atomic E-state index is -0.761. The van der Waals surface area contributed by atoms with E-state index < -0.39 is 18.0 Å². The third kappa shape index (κ3) is 8.04. The zero-order valence-electron chi connectivity index (χ0n) is 20.5. The molecule has 8 heteroatoms. The predicted octanol–water partition coefficient (Wildman–Crippen LogP) is 6.16. The van der Waals surface area contributed by atoms with Gasteiger partial charge in [0.15, 0.2) is 6.10 Å². The highest BCUT2D eigenvalue weighted by atomic mass is 79.9. The largest absolute Gasteiger partial charge is 0.489 e. The molecule has 0 aliphatic heterocycles. The fraction of sp³-hybridized carbons (Fsp3) is 0.100. The summed E-state index contributed by atoms with van der Waals surface area (Å²) in [6.45, 7) is 2.11. The summed E-state index contributed by atoms with van der Waals surface area (Å²) in [5.74, 6) is 0.789. The maximum atomic E-state index is 12.4. The predicted molar refractivity (Wildman–Crippen MR) is 149 cm³/mol. The summed E-state index contributed by atoms with van der Waals surface area (Å²) in [7, 11) is 0. The van der Waals surface area contributed by atoms with Crippen LogP contribution in [0.25, 0.3) is 0 Å². The van der Waals surface area contributed by atoms with E-state index >= 15 is 0 Å². The molecule has 38 heavy (non-hydrogen) atoms. The summed E-state index contributed by atoms with van der Waals surface area (Å²) in [5.41, 5.74) is 4.70. The molecule has 1 atom stereocenters. The van der Waals surface area contributed by atoms with Crippen molar-refractivity contribution in [2.75, 3.05) is 0 Å². The van der Waals surface area contributed by atoms with Gasteiger partial charge in [-0.2, -0.15) is 5.10 Å². The molecule has 0 bridgehead atoms. The zero-order valence-corrected chi connectivity index (χ0v) is 22.1. The van der Waals surface area contributed by atoms with Gasteiger partial charge in [-0.25, -0.2) is 10.2 Å². The van der Waals surface area contributed by atoms with E-state index in [0.29, 0.717) is 35.0 Å². The van der Waals surface area contributed by atoms with Crippen LogP contribution in [-0.4, -0.2) is 24.2 Å². The van der Waals surface area contributed by atoms with E-state index in [0.717, 1.165) is 10.0 Å². The molecule has 0 saturated carbocycles. The highest BCUT2D eigenvalue weighted by Crippen LogP contribution is 2.20. The maximum absolute atomic E-state index is 12.4. The second-order valence-corrected chi connectivity index (χ2v) is 9.12. The highest BCUT2D eigenvalue weighted by Gasteiger charge is 2.14. The topological polar surface area (TPSA) is 86.2 Å². The minimum absolute atomic E-state index is 0.398. The molecule has 1 amide bonds. The van der Waals surface area contributed by atoms with Crippen molar-refractivity contribution in [2.24, 2.45) is 5.10 Å². The van der Waals surface area contributed by atoms with E-state index in [1.165, 1.54) is 6.21 Å². The number of nitrogens with zero attached hydrogens (tertiary/aromatic N) is 1. The molecule has 0 aliphatic rings. The summed E-state index contributed by atoms with van der Waals surface area (Å²) in [4.78, 5) is 24.6. The molecule has 0 heterocycles. The van der Waals surface area contributed by atoms with Crippen LogP contribution in [0.3, 0.4) is 0 Å². The second-order valence-electron chi connectivity index (χ2n) is 8.21. The Kier molecular flexibility index (Phi) is 9.26. The average Bonchev–Trinajstić information content (AvgIpc) is 2.94. The average molecular weight is 573 g/mol. The molecule has 4 aromatic rings. The Morgan fingerprint density at radius 1 is 0.868 bits per heavy atom. The number of nitrogens with one attached hydrogen (secondary N) is 1. The van der Waals surface area contributed by atoms with Crippen molar-refractivity contribution in [1.82, 2.24) is 5.43 Å². The Morgan fingerprint density at radius 2 is 1.55 bits per heavy atom. The lowest BCUT2D eigenvalue weighted by Gasteiger charge is -2.13. The number of carbonyl (C=O) groups excluding carboxylic acids is 2. The fourth-order valence-corrected chi connectivity index (χ4v) is 3.68. The number of hydrogen-bond acceptors (Lipinski definition) is 6. The van der Waals surface area contributed by atoms with Gasteiger partial charge in [0.05, 0.1) is 11.8 Å². The number of esters is 1. The molecular weight excluding hydrogens is 548 g/mol. The SMILES string of the molecule is C[C@H](Oc1ccc(OCc2ccccc2)cc1)C(=O)N/N=C\c1ccc(OC(=O)c2cccc(Br)c2)cc1. The van der Waals surface area contributed by atoms with Gasteiger partial charge in [-0.15, -0.1) is 0 Å². The molecule has 1 N–H and O–H groups in total. The van der Waals surface area contributed by atoms with Gasteiger partial charge in [0.25, 0.3) is 5.91 Å². The van der Waals surface area contributed by atoms with E-state index in [-0.39, 0.29) is 0 Å². The molecule has 7 nitrogen and oxygen atoms in total. The lowest BCUT2D eigenvalue weighted by Crippen LogP contribution is -2.33. The molecule has 0 saturated heterocycles. The van der Waals surface area contributed by atoms with Crippen molar-refractivity contribution in [1.29, 1.82) is 0 Å². The van der Waals surface area contributed by atoms with Gasteiger partial charge in [0.2, 0.25) is 0 Å². The van der Waals surface area contributed by atoms with Crippen LogP contribution in [0.4, 0.5) is 0 Å².